The molecule has 0 radical (unpaired) electrons. The van der Waals surface area contributed by atoms with Gasteiger partial charge in [-0.15, -0.1) is 21.5 Å². The fourth-order valence-electron chi connectivity index (χ4n) is 3.58. The Hall–Kier alpha value is -2.62. The van der Waals surface area contributed by atoms with E-state index in [1.165, 1.54) is 11.3 Å². The fourth-order valence-corrected chi connectivity index (χ4v) is 7.09. The van der Waals surface area contributed by atoms with E-state index in [9.17, 15) is 8.42 Å². The molecule has 2 heterocycles. The Morgan fingerprint density at radius 3 is 2.68 bits per heavy atom. The molecule has 0 bridgehead atoms. The lowest BCUT2D eigenvalue weighted by Gasteiger charge is -2.11. The molecule has 2 aromatic heterocycles. The molecule has 1 unspecified atom stereocenters. The number of fused-ring (bicyclic) bond motifs is 1. The zero-order chi connectivity index (χ0) is 21.4. The Morgan fingerprint density at radius 2 is 1.94 bits per heavy atom. The maximum absolute atomic E-state index is 13.3. The maximum Gasteiger partial charge on any atom is 0.241 e. The third kappa shape index (κ3) is 4.26. The maximum atomic E-state index is 13.3. The van der Waals surface area contributed by atoms with E-state index in [2.05, 4.69) is 26.6 Å². The first-order valence-electron chi connectivity index (χ1n) is 10.2. The molecule has 2 aromatic carbocycles. The van der Waals surface area contributed by atoms with E-state index in [-0.39, 0.29) is 17.6 Å². The minimum Gasteiger partial charge on any atom is -0.422 e. The first-order valence-corrected chi connectivity index (χ1v) is 12.7. The van der Waals surface area contributed by atoms with Crippen molar-refractivity contribution < 1.29 is 12.8 Å². The van der Waals surface area contributed by atoms with Crippen molar-refractivity contribution in [2.24, 2.45) is 5.92 Å². The summed E-state index contributed by atoms with van der Waals surface area (Å²) in [4.78, 5) is 4.67. The van der Waals surface area contributed by atoms with Crippen LogP contribution in [0.2, 0.25) is 0 Å². The smallest absolute Gasteiger partial charge is 0.241 e. The van der Waals surface area contributed by atoms with Crippen molar-refractivity contribution in [3.8, 4) is 11.1 Å². The van der Waals surface area contributed by atoms with Crippen LogP contribution in [0.4, 0.5) is 0 Å². The number of thiazole rings is 1. The molecule has 0 aliphatic heterocycles. The molecule has 1 aliphatic carbocycles. The molecule has 1 saturated carbocycles. The minimum atomic E-state index is -3.55. The third-order valence-electron chi connectivity index (χ3n) is 5.30. The molecule has 1 aliphatic rings. The van der Waals surface area contributed by atoms with Crippen molar-refractivity contribution in [3.63, 3.8) is 0 Å². The summed E-state index contributed by atoms with van der Waals surface area (Å²) in [5.41, 5.74) is 2.93. The highest BCUT2D eigenvalue weighted by Gasteiger charge is 2.40. The summed E-state index contributed by atoms with van der Waals surface area (Å²) in [5.74, 6) is 0.781. The Labute approximate surface area is 184 Å². The molecule has 9 heteroatoms. The Bertz CT molecular complexity index is 1310. The van der Waals surface area contributed by atoms with Gasteiger partial charge in [-0.1, -0.05) is 36.4 Å². The van der Waals surface area contributed by atoms with Crippen molar-refractivity contribution in [1.29, 1.82) is 0 Å². The summed E-state index contributed by atoms with van der Waals surface area (Å²) in [6.07, 6.45) is 1.89. The van der Waals surface area contributed by atoms with Crippen LogP contribution in [-0.4, -0.2) is 36.4 Å². The molecule has 7 nitrogen and oxygen atoms in total. The van der Waals surface area contributed by atoms with Crippen molar-refractivity contribution in [2.45, 2.75) is 24.6 Å². The van der Waals surface area contributed by atoms with Crippen molar-refractivity contribution >= 4 is 31.4 Å². The second-order valence-electron chi connectivity index (χ2n) is 7.82. The lowest BCUT2D eigenvalue weighted by Crippen LogP contribution is -2.19. The van der Waals surface area contributed by atoms with Crippen molar-refractivity contribution in [3.05, 3.63) is 65.3 Å². The van der Waals surface area contributed by atoms with Gasteiger partial charge in [0.15, 0.2) is 15.1 Å². The predicted molar refractivity (Wildman–Crippen MR) is 120 cm³/mol. The summed E-state index contributed by atoms with van der Waals surface area (Å²) >= 11 is 1.37. The highest BCUT2D eigenvalue weighted by Crippen LogP contribution is 2.40. The lowest BCUT2D eigenvalue weighted by molar-refractivity contribution is 0.439. The molecule has 1 fully saturated rings. The number of nitrogens with zero attached hydrogens (tertiary/aromatic N) is 3. The topological polar surface area (TPSA) is 98.0 Å². The van der Waals surface area contributed by atoms with Crippen molar-refractivity contribution in [1.82, 2.24) is 20.5 Å². The van der Waals surface area contributed by atoms with Gasteiger partial charge in [0.05, 0.1) is 22.5 Å². The number of rotatable bonds is 8. The fraction of sp³-hybridized carbons (Fsp3) is 0.318. The molecule has 31 heavy (non-hydrogen) atoms. The van der Waals surface area contributed by atoms with E-state index >= 15 is 0 Å². The standard InChI is InChI=1S/C22H22N4O3S2/c1-23-12-19-25-26-21(29-19)20(31(27,28)13-14-7-8-14)22-24-17-10-9-16(11-18(17)30-22)15-5-3-2-4-6-15/h2-6,9-11,14,20,23H,7-8,12-13H2,1H3. The van der Waals surface area contributed by atoms with Gasteiger partial charge in [-0.25, -0.2) is 13.4 Å². The van der Waals surface area contributed by atoms with Gasteiger partial charge in [0, 0.05) is 0 Å². The van der Waals surface area contributed by atoms with E-state index in [4.69, 9.17) is 4.42 Å². The van der Waals surface area contributed by atoms with Gasteiger partial charge < -0.3 is 9.73 Å². The molecule has 0 amide bonds. The highest BCUT2D eigenvalue weighted by molar-refractivity contribution is 7.92. The van der Waals surface area contributed by atoms with Gasteiger partial charge in [0.2, 0.25) is 11.8 Å². The van der Waals surface area contributed by atoms with Crippen molar-refractivity contribution in [2.75, 3.05) is 12.8 Å². The molecule has 4 aromatic rings. The van der Waals surface area contributed by atoms with Crippen LogP contribution in [0.15, 0.2) is 52.9 Å². The molecule has 1 atom stereocenters. The van der Waals surface area contributed by atoms with Gasteiger partial charge >= 0.3 is 0 Å². The Morgan fingerprint density at radius 1 is 1.13 bits per heavy atom. The first kappa shape index (κ1) is 20.3. The average molecular weight is 455 g/mol. The third-order valence-corrected chi connectivity index (χ3v) is 8.61. The molecular formula is C22H22N4O3S2. The van der Waals surface area contributed by atoms with E-state index in [0.717, 1.165) is 34.2 Å². The summed E-state index contributed by atoms with van der Waals surface area (Å²) in [6.45, 7) is 0.378. The van der Waals surface area contributed by atoms with Crippen LogP contribution < -0.4 is 5.32 Å². The SMILES string of the molecule is CNCc1nnc(C(c2nc3ccc(-c4ccccc4)cc3s2)S(=O)(=O)CC2CC2)o1. The van der Waals surface area contributed by atoms with Gasteiger partial charge in [-0.05, 0) is 49.1 Å². The summed E-state index contributed by atoms with van der Waals surface area (Å²) < 4.78 is 33.3. The number of benzene rings is 2. The first-order chi connectivity index (χ1) is 15.0. The number of sulfone groups is 1. The lowest BCUT2D eigenvalue weighted by atomic mass is 10.1. The van der Waals surface area contributed by atoms with Crippen LogP contribution in [0.1, 0.15) is 34.9 Å². The van der Waals surface area contributed by atoms with Gasteiger partial charge in [-0.3, -0.25) is 0 Å². The van der Waals surface area contributed by atoms with Crippen LogP contribution in [0.3, 0.4) is 0 Å². The van der Waals surface area contributed by atoms with Gasteiger partial charge in [0.1, 0.15) is 5.01 Å². The Balaban J connectivity index is 1.57. The van der Waals surface area contributed by atoms with E-state index in [1.54, 1.807) is 7.05 Å². The normalized spacial score (nSPS) is 15.4. The number of nitrogens with one attached hydrogen (secondary N) is 1. The van der Waals surface area contributed by atoms with Crippen LogP contribution in [-0.2, 0) is 16.4 Å². The molecule has 160 valence electrons. The van der Waals surface area contributed by atoms with E-state index in [1.807, 2.05) is 42.5 Å². The van der Waals surface area contributed by atoms with Crippen LogP contribution in [0.5, 0.6) is 0 Å². The molecule has 5 rings (SSSR count). The monoisotopic (exact) mass is 454 g/mol. The number of hydrogen-bond donors (Lipinski definition) is 1. The quantitative estimate of drug-likeness (QED) is 0.430. The summed E-state index contributed by atoms with van der Waals surface area (Å²) in [7, 11) is -1.78. The largest absolute Gasteiger partial charge is 0.422 e. The van der Waals surface area contributed by atoms with Crippen LogP contribution in [0, 0.1) is 5.92 Å². The molecular weight excluding hydrogens is 432 g/mol. The second kappa shape index (κ2) is 8.14. The summed E-state index contributed by atoms with van der Waals surface area (Å²) in [5, 5.41) is 10.4. The van der Waals surface area contributed by atoms with E-state index < -0.39 is 15.1 Å². The van der Waals surface area contributed by atoms with Crippen LogP contribution in [0.25, 0.3) is 21.3 Å². The zero-order valence-electron chi connectivity index (χ0n) is 17.0. The van der Waals surface area contributed by atoms with Gasteiger partial charge in [-0.2, -0.15) is 0 Å². The number of hydrogen-bond acceptors (Lipinski definition) is 8. The second-order valence-corrected chi connectivity index (χ2v) is 11.0. The van der Waals surface area contributed by atoms with E-state index in [0.29, 0.717) is 17.4 Å². The molecule has 1 N–H and O–H groups in total. The molecule has 0 spiro atoms. The summed E-state index contributed by atoms with van der Waals surface area (Å²) in [6, 6.07) is 16.1. The Kier molecular flexibility index (Phi) is 5.33. The predicted octanol–water partition coefficient (Wildman–Crippen LogP) is 3.98. The minimum absolute atomic E-state index is 0.0910. The number of aromatic nitrogens is 3. The molecule has 0 saturated heterocycles. The van der Waals surface area contributed by atoms with Gasteiger partial charge in [0.25, 0.3) is 0 Å². The zero-order valence-corrected chi connectivity index (χ0v) is 18.6. The average Bonchev–Trinajstić information content (AvgIpc) is 3.28. The van der Waals surface area contributed by atoms with Crippen LogP contribution >= 0.6 is 11.3 Å². The highest BCUT2D eigenvalue weighted by atomic mass is 32.2.